The van der Waals surface area contributed by atoms with E-state index in [2.05, 4.69) is 11.0 Å². The third kappa shape index (κ3) is 1.99. The Morgan fingerprint density at radius 1 is 1.14 bits per heavy atom. The zero-order valence-corrected chi connectivity index (χ0v) is 12.0. The number of nitrogen functional groups attached to an aromatic ring is 1. The fraction of sp³-hybridized carbons (Fsp3) is 0.333. The molecule has 1 aliphatic carbocycles. The van der Waals surface area contributed by atoms with Crippen molar-refractivity contribution in [2.24, 2.45) is 0 Å². The first kappa shape index (κ1) is 12.7. The molecule has 1 unspecified atom stereocenters. The topological polar surface area (TPSA) is 29.3 Å². The molecule has 0 fully saturated rings. The van der Waals surface area contributed by atoms with Crippen molar-refractivity contribution in [1.82, 2.24) is 0 Å². The van der Waals surface area contributed by atoms with E-state index in [1.807, 2.05) is 18.2 Å². The van der Waals surface area contributed by atoms with E-state index < -0.39 is 0 Å². The molecule has 0 spiro atoms. The van der Waals surface area contributed by atoms with Crippen molar-refractivity contribution in [1.29, 1.82) is 0 Å². The SMILES string of the molecule is Nc1cccc2c1CCCN2C1CCc2ccc(F)cc21. The van der Waals surface area contributed by atoms with Gasteiger partial charge in [-0.25, -0.2) is 4.39 Å². The number of hydrogen-bond acceptors (Lipinski definition) is 2. The smallest absolute Gasteiger partial charge is 0.123 e. The molecular formula is C18H19FN2. The van der Waals surface area contributed by atoms with E-state index in [9.17, 15) is 4.39 Å². The van der Waals surface area contributed by atoms with Crippen LogP contribution < -0.4 is 10.6 Å². The highest BCUT2D eigenvalue weighted by Crippen LogP contribution is 2.42. The van der Waals surface area contributed by atoms with Gasteiger partial charge < -0.3 is 10.6 Å². The summed E-state index contributed by atoms with van der Waals surface area (Å²) in [5.41, 5.74) is 12.0. The number of benzene rings is 2. The van der Waals surface area contributed by atoms with Gasteiger partial charge in [0.25, 0.3) is 0 Å². The second-order valence-corrected chi connectivity index (χ2v) is 6.04. The summed E-state index contributed by atoms with van der Waals surface area (Å²) in [6, 6.07) is 11.7. The monoisotopic (exact) mass is 282 g/mol. The fourth-order valence-corrected chi connectivity index (χ4v) is 3.88. The minimum absolute atomic E-state index is 0.134. The van der Waals surface area contributed by atoms with Gasteiger partial charge in [-0.3, -0.25) is 0 Å². The summed E-state index contributed by atoms with van der Waals surface area (Å²) in [6.45, 7) is 1.02. The summed E-state index contributed by atoms with van der Waals surface area (Å²) in [5, 5.41) is 0. The van der Waals surface area contributed by atoms with Gasteiger partial charge in [-0.1, -0.05) is 12.1 Å². The standard InChI is InChI=1S/C18H19FN2/c19-13-8-6-12-7-9-18(15(12)11-13)21-10-2-3-14-16(20)4-1-5-17(14)21/h1,4-6,8,11,18H,2-3,7,9-10,20H2. The molecule has 3 heteroatoms. The number of nitrogens with zero attached hydrogens (tertiary/aromatic N) is 1. The predicted molar refractivity (Wildman–Crippen MR) is 84.0 cm³/mol. The van der Waals surface area contributed by atoms with Crippen molar-refractivity contribution in [3.05, 3.63) is 58.9 Å². The Morgan fingerprint density at radius 3 is 2.95 bits per heavy atom. The highest BCUT2D eigenvalue weighted by atomic mass is 19.1. The molecule has 21 heavy (non-hydrogen) atoms. The van der Waals surface area contributed by atoms with Crippen molar-refractivity contribution in [3.8, 4) is 0 Å². The molecule has 0 amide bonds. The molecule has 0 radical (unpaired) electrons. The zero-order valence-electron chi connectivity index (χ0n) is 12.0. The summed E-state index contributed by atoms with van der Waals surface area (Å²) in [4.78, 5) is 2.43. The predicted octanol–water partition coefficient (Wildman–Crippen LogP) is 3.85. The molecule has 2 aromatic carbocycles. The van der Waals surface area contributed by atoms with E-state index in [0.29, 0.717) is 0 Å². The maximum absolute atomic E-state index is 13.6. The highest BCUT2D eigenvalue weighted by Gasteiger charge is 2.31. The van der Waals surface area contributed by atoms with Crippen LogP contribution in [-0.4, -0.2) is 6.54 Å². The van der Waals surface area contributed by atoms with Gasteiger partial charge in [0.2, 0.25) is 0 Å². The van der Waals surface area contributed by atoms with Gasteiger partial charge in [0, 0.05) is 17.9 Å². The molecule has 1 atom stereocenters. The molecule has 1 heterocycles. The number of halogens is 1. The maximum atomic E-state index is 13.6. The first-order valence-electron chi connectivity index (χ1n) is 7.66. The van der Waals surface area contributed by atoms with Crippen LogP contribution in [0.15, 0.2) is 36.4 Å². The van der Waals surface area contributed by atoms with Crippen molar-refractivity contribution < 1.29 is 4.39 Å². The molecule has 2 N–H and O–H groups in total. The van der Waals surface area contributed by atoms with Crippen LogP contribution in [0.3, 0.4) is 0 Å². The lowest BCUT2D eigenvalue weighted by atomic mass is 9.96. The number of nitrogens with two attached hydrogens (primary N) is 1. The third-order valence-electron chi connectivity index (χ3n) is 4.85. The Bertz CT molecular complexity index is 696. The highest BCUT2D eigenvalue weighted by molar-refractivity contribution is 5.67. The van der Waals surface area contributed by atoms with Gasteiger partial charge in [0.15, 0.2) is 0 Å². The summed E-state index contributed by atoms with van der Waals surface area (Å²) >= 11 is 0. The average Bonchev–Trinajstić information content (AvgIpc) is 2.90. The van der Waals surface area contributed by atoms with Gasteiger partial charge >= 0.3 is 0 Å². The summed E-state index contributed by atoms with van der Waals surface area (Å²) < 4.78 is 13.6. The van der Waals surface area contributed by atoms with E-state index >= 15 is 0 Å². The van der Waals surface area contributed by atoms with Crippen LogP contribution in [0.25, 0.3) is 0 Å². The maximum Gasteiger partial charge on any atom is 0.123 e. The second kappa shape index (κ2) is 4.76. The molecule has 2 nitrogen and oxygen atoms in total. The fourth-order valence-electron chi connectivity index (χ4n) is 3.88. The van der Waals surface area contributed by atoms with Crippen LogP contribution in [-0.2, 0) is 12.8 Å². The first-order chi connectivity index (χ1) is 10.2. The number of rotatable bonds is 1. The van der Waals surface area contributed by atoms with Gasteiger partial charge in [0.05, 0.1) is 6.04 Å². The van der Waals surface area contributed by atoms with Crippen LogP contribution in [0.2, 0.25) is 0 Å². The summed E-state index contributed by atoms with van der Waals surface area (Å²) in [5.74, 6) is -0.134. The molecule has 2 aromatic rings. The van der Waals surface area contributed by atoms with Crippen LogP contribution in [0.5, 0.6) is 0 Å². The van der Waals surface area contributed by atoms with Crippen molar-refractivity contribution in [2.75, 3.05) is 17.2 Å². The van der Waals surface area contributed by atoms with Crippen molar-refractivity contribution >= 4 is 11.4 Å². The summed E-state index contributed by atoms with van der Waals surface area (Å²) in [7, 11) is 0. The molecule has 4 rings (SSSR count). The molecule has 108 valence electrons. The molecule has 0 aromatic heterocycles. The van der Waals surface area contributed by atoms with E-state index in [4.69, 9.17) is 5.73 Å². The van der Waals surface area contributed by atoms with Crippen molar-refractivity contribution in [2.45, 2.75) is 31.7 Å². The Morgan fingerprint density at radius 2 is 2.05 bits per heavy atom. The lowest BCUT2D eigenvalue weighted by molar-refractivity contribution is 0.572. The Balaban J connectivity index is 1.78. The molecule has 0 bridgehead atoms. The molecule has 1 aliphatic heterocycles. The summed E-state index contributed by atoms with van der Waals surface area (Å²) in [6.07, 6.45) is 4.26. The Hall–Kier alpha value is -2.03. The number of aryl methyl sites for hydroxylation is 1. The average molecular weight is 282 g/mol. The van der Waals surface area contributed by atoms with Gasteiger partial charge in [-0.15, -0.1) is 0 Å². The Kier molecular flexibility index (Phi) is 2.88. The van der Waals surface area contributed by atoms with Crippen molar-refractivity contribution in [3.63, 3.8) is 0 Å². The quantitative estimate of drug-likeness (QED) is 0.805. The van der Waals surface area contributed by atoms with Crippen LogP contribution >= 0.6 is 0 Å². The second-order valence-electron chi connectivity index (χ2n) is 6.04. The third-order valence-corrected chi connectivity index (χ3v) is 4.85. The van der Waals surface area contributed by atoms with E-state index in [1.54, 1.807) is 12.1 Å². The molecule has 0 saturated carbocycles. The normalized spacial score (nSPS) is 20.2. The minimum Gasteiger partial charge on any atom is -0.398 e. The first-order valence-corrected chi connectivity index (χ1v) is 7.66. The number of hydrogen-bond donors (Lipinski definition) is 1. The number of fused-ring (bicyclic) bond motifs is 2. The molecule has 2 aliphatic rings. The van der Waals surface area contributed by atoms with E-state index in [-0.39, 0.29) is 11.9 Å². The largest absolute Gasteiger partial charge is 0.398 e. The van der Waals surface area contributed by atoms with Crippen LogP contribution in [0.4, 0.5) is 15.8 Å². The van der Waals surface area contributed by atoms with Crippen LogP contribution in [0.1, 0.15) is 35.6 Å². The van der Waals surface area contributed by atoms with Crippen LogP contribution in [0, 0.1) is 5.82 Å². The van der Waals surface area contributed by atoms with E-state index in [1.165, 1.54) is 16.8 Å². The van der Waals surface area contributed by atoms with Gasteiger partial charge in [-0.2, -0.15) is 0 Å². The van der Waals surface area contributed by atoms with E-state index in [0.717, 1.165) is 43.5 Å². The number of anilines is 2. The van der Waals surface area contributed by atoms with Gasteiger partial charge in [0.1, 0.15) is 5.82 Å². The Labute approximate surface area is 124 Å². The lowest BCUT2D eigenvalue weighted by Gasteiger charge is -2.37. The zero-order chi connectivity index (χ0) is 14.4. The molecule has 0 saturated heterocycles. The van der Waals surface area contributed by atoms with Gasteiger partial charge in [-0.05, 0) is 66.6 Å². The minimum atomic E-state index is -0.134. The lowest BCUT2D eigenvalue weighted by Crippen LogP contribution is -2.32. The molecular weight excluding hydrogens is 263 g/mol.